The minimum Gasteiger partial charge on any atom is -0.663 e. The lowest BCUT2D eigenvalue weighted by Gasteiger charge is -2.54. The fourth-order valence-corrected chi connectivity index (χ4v) is 11.6. The van der Waals surface area contributed by atoms with Crippen LogP contribution in [0.4, 0.5) is 22.7 Å². The summed E-state index contributed by atoms with van der Waals surface area (Å²) < 4.78 is 62.1. The van der Waals surface area contributed by atoms with E-state index in [1.54, 1.807) is 0 Å². The fraction of sp³-hybridized carbons (Fsp3) is 0.294. The van der Waals surface area contributed by atoms with Crippen molar-refractivity contribution in [1.29, 1.82) is 0 Å². The van der Waals surface area contributed by atoms with E-state index in [0.29, 0.717) is 0 Å². The molecule has 1 saturated carbocycles. The van der Waals surface area contributed by atoms with E-state index in [1.807, 2.05) is 0 Å². The van der Waals surface area contributed by atoms with Gasteiger partial charge < -0.3 is 63.6 Å². The van der Waals surface area contributed by atoms with Gasteiger partial charge in [0, 0.05) is 24.3 Å². The number of para-hydroxylation sites is 4. The first kappa shape index (κ1) is 62.8. The number of phosphoric acid groups is 6. The molecule has 0 unspecified atom stereocenters. The van der Waals surface area contributed by atoms with Gasteiger partial charge in [-0.25, -0.2) is 18.1 Å². The van der Waals surface area contributed by atoms with Crippen molar-refractivity contribution >= 4 is 71.4 Å². The van der Waals surface area contributed by atoms with Crippen molar-refractivity contribution in [2.75, 3.05) is 0 Å². The molecule has 0 aromatic heterocycles. The van der Waals surface area contributed by atoms with E-state index in [9.17, 15) is 98.8 Å². The average Bonchev–Trinajstić information content (AvgIpc) is 3.31. The normalized spacial score (nSPS) is 19.8. The SMILES string of the molecule is O=[N+]([O-])c1ccccc1CO[P+]([O-])(OCc1ccccc1[N+](=O)[O-])O[C@@H]1[C@H](O[P+]([O-])([O-])[O-])[C@@H](OP(=O)(O)O)[C@H](O[P+]([O-])([O-])[O-])[C@@H](O[P+]([O-])([O-])[O-])[C@@H]1O[P+]([O-])(OCc1ccccc1[N+](=O)[O-])OCc1ccccc1[N+](=O)[O-]. The summed E-state index contributed by atoms with van der Waals surface area (Å²) in [6, 6.07) is 16.1. The van der Waals surface area contributed by atoms with E-state index in [1.165, 1.54) is 0 Å². The maximum Gasteiger partial charge on any atom is 0.470 e. The van der Waals surface area contributed by atoms with Gasteiger partial charge in [-0.3, -0.25) is 45.0 Å². The number of hydrogen-bond acceptors (Lipinski definition) is 30. The van der Waals surface area contributed by atoms with Crippen LogP contribution in [0.3, 0.4) is 0 Å². The van der Waals surface area contributed by atoms with E-state index >= 15 is 9.79 Å². The molecule has 416 valence electrons. The zero-order valence-corrected chi connectivity index (χ0v) is 42.5. The van der Waals surface area contributed by atoms with E-state index in [2.05, 4.69) is 18.1 Å². The van der Waals surface area contributed by atoms with Crippen LogP contribution in [0.5, 0.6) is 0 Å². The average molecular weight is 1190 g/mol. The molecule has 0 heterocycles. The summed E-state index contributed by atoms with van der Waals surface area (Å²) in [4.78, 5) is 206. The fourth-order valence-electron chi connectivity index (χ4n) is 6.78. The summed E-state index contributed by atoms with van der Waals surface area (Å²) in [7, 11) is -40.0. The molecule has 76 heavy (non-hydrogen) atoms. The molecule has 1 fully saturated rings. The molecule has 2 N–H and O–H groups in total. The van der Waals surface area contributed by atoms with Crippen molar-refractivity contribution in [2.24, 2.45) is 0 Å². The predicted molar refractivity (Wildman–Crippen MR) is 227 cm³/mol. The van der Waals surface area contributed by atoms with Gasteiger partial charge in [0.2, 0.25) is 0 Å². The molecule has 1 aliphatic carbocycles. The van der Waals surface area contributed by atoms with Crippen LogP contribution >= 0.6 is 48.7 Å². The van der Waals surface area contributed by atoms with Crippen LogP contribution in [-0.2, 0) is 76.2 Å². The predicted octanol–water partition coefficient (Wildman–Crippen LogP) is -3.74. The van der Waals surface area contributed by atoms with Gasteiger partial charge in [-0.1, -0.05) is 48.5 Å². The summed E-state index contributed by atoms with van der Waals surface area (Å²) in [5.41, 5.74) is -5.58. The van der Waals surface area contributed by atoms with Crippen molar-refractivity contribution < 1.29 is 133 Å². The van der Waals surface area contributed by atoms with Crippen LogP contribution < -0.4 is 53.8 Å². The number of nitro benzene ring substituents is 4. The Balaban J connectivity index is 1.83. The smallest absolute Gasteiger partial charge is 0.470 e. The monoisotopic (exact) mass is 1190 g/mol. The van der Waals surface area contributed by atoms with E-state index < -0.39 is 176 Å². The zero-order valence-electron chi connectivity index (χ0n) is 37.1. The molecule has 0 saturated heterocycles. The Morgan fingerprint density at radius 3 is 0.803 bits per heavy atom. The molecular formula is C34H32N4O32P6-6. The standard InChI is InChI=1S/C34H38N4O32P6/c39-35(40)25-13-5-1-9-21(25)17-61-75(59,62-18-22-10-2-6-14-26(22)36(41)42)69-33-31(67-73(53,54)55)29(65-71(47,48)49)30(66-72(50,51)52)32(68-74(56,57)58)34(33)70-76(60,63-19-23-11-3-7-15-27(23)37(43)44)64-20-24-12-4-8-16-28(24)38(45)46/h1-16,29-34H,17-20H2,(H2,47,48,49)(H2,50,51,52)(H2,53,54,55)(H2,56,57,58)/p-6/t29-,30-,31+,32+,33-,34+/m0/s1. The molecule has 0 amide bonds. The Labute approximate surface area is 426 Å². The topological polar surface area (TPSA) is 576 Å². The summed E-state index contributed by atoms with van der Waals surface area (Å²) in [6.07, 6.45) is -21.8. The maximum atomic E-state index is 15.1. The van der Waals surface area contributed by atoms with Crippen molar-refractivity contribution in [3.05, 3.63) is 160 Å². The summed E-state index contributed by atoms with van der Waals surface area (Å²) in [6.45, 7) is -5.53. The van der Waals surface area contributed by atoms with Crippen LogP contribution in [-0.4, -0.2) is 66.1 Å². The van der Waals surface area contributed by atoms with Crippen LogP contribution in [0, 0.1) is 40.5 Å². The molecule has 0 radical (unpaired) electrons. The molecule has 4 aromatic carbocycles. The second-order valence-corrected chi connectivity index (χ2v) is 22.5. The number of nitrogens with zero attached hydrogens (tertiary/aromatic N) is 4. The Kier molecular flexibility index (Phi) is 21.3. The molecule has 0 aliphatic heterocycles. The largest absolute Gasteiger partial charge is 0.663 e. The first-order chi connectivity index (χ1) is 35.2. The van der Waals surface area contributed by atoms with Gasteiger partial charge in [0.25, 0.3) is 22.7 Å². The Hall–Kier alpha value is -4.06. The van der Waals surface area contributed by atoms with E-state index in [0.717, 1.165) is 97.1 Å². The highest BCUT2D eigenvalue weighted by Gasteiger charge is 2.66. The van der Waals surface area contributed by atoms with E-state index in [-0.39, 0.29) is 0 Å². The van der Waals surface area contributed by atoms with Gasteiger partial charge in [-0.15, -0.1) is 0 Å². The third-order valence-corrected chi connectivity index (χ3v) is 14.5. The van der Waals surface area contributed by atoms with Gasteiger partial charge in [0.05, 0.1) is 41.9 Å². The highest BCUT2D eigenvalue weighted by atomic mass is 31.2. The van der Waals surface area contributed by atoms with Gasteiger partial charge in [-0.2, -0.15) is 27.1 Å². The molecule has 1 aliphatic rings. The number of benzene rings is 4. The van der Waals surface area contributed by atoms with E-state index in [4.69, 9.17) is 27.1 Å². The number of rotatable bonds is 28. The highest BCUT2D eigenvalue weighted by molar-refractivity contribution is 7.54. The van der Waals surface area contributed by atoms with Crippen LogP contribution in [0.1, 0.15) is 22.3 Å². The minimum atomic E-state index is -7.01. The molecule has 0 spiro atoms. The second kappa shape index (κ2) is 25.8. The Bertz CT molecular complexity index is 2620. The van der Waals surface area contributed by atoms with Crippen LogP contribution in [0.2, 0.25) is 0 Å². The first-order valence-electron chi connectivity index (χ1n) is 20.1. The first-order valence-corrected chi connectivity index (χ1v) is 28.9. The third kappa shape index (κ3) is 18.5. The van der Waals surface area contributed by atoms with Gasteiger partial charge in [0.1, 0.15) is 32.5 Å². The molecule has 0 bridgehead atoms. The summed E-state index contributed by atoms with van der Waals surface area (Å²) >= 11 is 0. The molecule has 6 atom stereocenters. The minimum absolute atomic E-state index is 0.563. The van der Waals surface area contributed by atoms with Gasteiger partial charge in [0.15, 0.2) is 30.5 Å². The van der Waals surface area contributed by atoms with Crippen molar-refractivity contribution in [2.45, 2.75) is 63.1 Å². The lowest BCUT2D eigenvalue weighted by atomic mass is 9.85. The maximum absolute atomic E-state index is 15.1. The Morgan fingerprint density at radius 1 is 0.382 bits per heavy atom. The zero-order chi connectivity index (χ0) is 56.6. The highest BCUT2D eigenvalue weighted by Crippen LogP contribution is 2.64. The molecule has 36 nitrogen and oxygen atoms in total. The third-order valence-electron chi connectivity index (χ3n) is 9.72. The second-order valence-electron chi connectivity index (χ2n) is 14.8. The molecule has 42 heteroatoms. The van der Waals surface area contributed by atoms with Crippen LogP contribution in [0.15, 0.2) is 97.1 Å². The number of nitro groups is 4. The lowest BCUT2D eigenvalue weighted by molar-refractivity contribution is -0.476. The number of hydrogen-bond donors (Lipinski definition) is 2. The summed E-state index contributed by atoms with van der Waals surface area (Å²) in [5.74, 6) is 0. The molecule has 4 aromatic rings. The van der Waals surface area contributed by atoms with Crippen LogP contribution in [0.25, 0.3) is 0 Å². The summed E-state index contributed by atoms with van der Waals surface area (Å²) in [5, 5.41) is 47.7. The van der Waals surface area contributed by atoms with Crippen molar-refractivity contribution in [3.8, 4) is 0 Å². The van der Waals surface area contributed by atoms with Gasteiger partial charge in [-0.05, 0) is 48.8 Å². The lowest BCUT2D eigenvalue weighted by Crippen LogP contribution is -2.69. The molecular weight excluding hydrogens is 1160 g/mol. The number of phosphoric ester groups is 6. The quantitative estimate of drug-likeness (QED) is 0.0313. The van der Waals surface area contributed by atoms with Crippen molar-refractivity contribution in [3.63, 3.8) is 0 Å². The van der Waals surface area contributed by atoms with Crippen molar-refractivity contribution in [1.82, 2.24) is 0 Å². The van der Waals surface area contributed by atoms with Gasteiger partial charge >= 0.3 is 24.2 Å². The molecule has 5 rings (SSSR count). The Morgan fingerprint density at radius 2 is 0.592 bits per heavy atom.